The number of hydrogen-bond donors (Lipinski definition) is 6. The van der Waals surface area contributed by atoms with Crippen molar-refractivity contribution in [3.05, 3.63) is 0 Å². The van der Waals surface area contributed by atoms with Crippen LogP contribution in [0.4, 0.5) is 0 Å². The van der Waals surface area contributed by atoms with Crippen LogP contribution in [0.1, 0.15) is 32.6 Å². The molecule has 3 amide bonds. The summed E-state index contributed by atoms with van der Waals surface area (Å²) in [5, 5.41) is 30.8. The predicted molar refractivity (Wildman–Crippen MR) is 94.4 cm³/mol. The number of hydrogen-bond acceptors (Lipinski definition) is 7. The maximum atomic E-state index is 12.6. The molecule has 4 atom stereocenters. The molecule has 1 saturated heterocycles. The van der Waals surface area contributed by atoms with Gasteiger partial charge in [-0.15, -0.1) is 0 Å². The van der Waals surface area contributed by atoms with Gasteiger partial charge in [0, 0.05) is 6.54 Å². The van der Waals surface area contributed by atoms with Crippen molar-refractivity contribution in [3.63, 3.8) is 0 Å². The van der Waals surface area contributed by atoms with Gasteiger partial charge in [0.25, 0.3) is 0 Å². The number of carboxylic acids is 3. The highest BCUT2D eigenvalue weighted by atomic mass is 16.4. The molecule has 0 aromatic heterocycles. The minimum Gasteiger partial charge on any atom is -0.481 e. The summed E-state index contributed by atoms with van der Waals surface area (Å²) in [5.41, 5.74) is 5.43. The molecule has 0 spiro atoms. The van der Waals surface area contributed by atoms with Crippen LogP contribution in [0.25, 0.3) is 0 Å². The van der Waals surface area contributed by atoms with Gasteiger partial charge < -0.3 is 36.6 Å². The second-order valence-corrected chi connectivity index (χ2v) is 6.62. The summed E-state index contributed by atoms with van der Waals surface area (Å²) in [4.78, 5) is 70.5. The van der Waals surface area contributed by atoms with Gasteiger partial charge in [-0.25, -0.2) is 4.79 Å². The van der Waals surface area contributed by atoms with Crippen LogP contribution in [0.15, 0.2) is 0 Å². The topological polar surface area (TPSA) is 216 Å². The van der Waals surface area contributed by atoms with E-state index in [1.54, 1.807) is 0 Å². The van der Waals surface area contributed by atoms with Gasteiger partial charge in [-0.2, -0.15) is 0 Å². The molecule has 0 radical (unpaired) electrons. The van der Waals surface area contributed by atoms with Crippen LogP contribution < -0.4 is 16.4 Å². The van der Waals surface area contributed by atoms with E-state index in [4.69, 9.17) is 21.1 Å². The lowest BCUT2D eigenvalue weighted by Crippen LogP contribution is -2.56. The molecule has 7 N–H and O–H groups in total. The van der Waals surface area contributed by atoms with E-state index in [0.717, 1.165) is 4.90 Å². The minimum atomic E-state index is -1.65. The van der Waals surface area contributed by atoms with Crippen molar-refractivity contribution in [2.24, 2.45) is 5.73 Å². The Hall–Kier alpha value is -3.22. The molecule has 1 heterocycles. The summed E-state index contributed by atoms with van der Waals surface area (Å²) in [6.45, 7) is 1.51. The van der Waals surface area contributed by atoms with Crippen LogP contribution in [-0.4, -0.2) is 86.6 Å². The second-order valence-electron chi connectivity index (χ2n) is 6.62. The van der Waals surface area contributed by atoms with E-state index in [2.05, 4.69) is 10.6 Å². The highest BCUT2D eigenvalue weighted by Crippen LogP contribution is 2.19. The van der Waals surface area contributed by atoms with Crippen molar-refractivity contribution in [2.75, 3.05) is 6.54 Å². The van der Waals surface area contributed by atoms with Gasteiger partial charge in [-0.1, -0.05) is 0 Å². The summed E-state index contributed by atoms with van der Waals surface area (Å²) >= 11 is 0. The predicted octanol–water partition coefficient (Wildman–Crippen LogP) is -2.67. The first kappa shape index (κ1) is 23.8. The number of aliphatic carboxylic acids is 3. The minimum absolute atomic E-state index is 0.176. The summed E-state index contributed by atoms with van der Waals surface area (Å²) in [5.74, 6) is -6.51. The van der Waals surface area contributed by atoms with Crippen molar-refractivity contribution in [1.29, 1.82) is 0 Å². The van der Waals surface area contributed by atoms with Crippen LogP contribution in [-0.2, 0) is 28.8 Å². The molecule has 1 rings (SSSR count). The fourth-order valence-corrected chi connectivity index (χ4v) is 2.86. The third kappa shape index (κ3) is 7.03. The van der Waals surface area contributed by atoms with E-state index in [-0.39, 0.29) is 13.0 Å². The van der Waals surface area contributed by atoms with Gasteiger partial charge in [0.05, 0.1) is 18.9 Å². The average Bonchev–Trinajstić information content (AvgIpc) is 3.08. The largest absolute Gasteiger partial charge is 0.481 e. The Morgan fingerprint density at radius 3 is 2.14 bits per heavy atom. The maximum Gasteiger partial charge on any atom is 0.326 e. The average molecular weight is 416 g/mol. The summed E-state index contributed by atoms with van der Waals surface area (Å²) < 4.78 is 0. The number of nitrogens with one attached hydrogen (secondary N) is 2. The van der Waals surface area contributed by atoms with Crippen molar-refractivity contribution < 1.29 is 44.1 Å². The fraction of sp³-hybridized carbons (Fsp3) is 0.625. The third-order valence-electron chi connectivity index (χ3n) is 4.29. The normalized spacial score (nSPS) is 19.0. The van der Waals surface area contributed by atoms with Gasteiger partial charge in [0.1, 0.15) is 18.1 Å². The van der Waals surface area contributed by atoms with E-state index in [1.165, 1.54) is 6.92 Å². The number of likely N-dealkylation sites (tertiary alicyclic amines) is 1. The molecular formula is C16H24N4O9. The van der Waals surface area contributed by atoms with E-state index in [0.29, 0.717) is 6.42 Å². The SMILES string of the molecule is CC(NC(=O)C(N)CC(=O)O)C(=O)N1CCCC1C(=O)NC(CC(=O)O)C(=O)O. The molecule has 162 valence electrons. The molecule has 0 aromatic rings. The Labute approximate surface area is 165 Å². The zero-order valence-corrected chi connectivity index (χ0v) is 15.7. The van der Waals surface area contributed by atoms with E-state index < -0.39 is 72.6 Å². The number of nitrogens with two attached hydrogens (primary N) is 1. The van der Waals surface area contributed by atoms with Crippen LogP contribution >= 0.6 is 0 Å². The number of amides is 3. The summed E-state index contributed by atoms with van der Waals surface area (Å²) in [6, 6.07) is -5.13. The maximum absolute atomic E-state index is 12.6. The monoisotopic (exact) mass is 416 g/mol. The van der Waals surface area contributed by atoms with Crippen molar-refractivity contribution >= 4 is 35.6 Å². The molecule has 0 aromatic carbocycles. The molecule has 4 unspecified atom stereocenters. The molecule has 13 nitrogen and oxygen atoms in total. The molecular weight excluding hydrogens is 392 g/mol. The Kier molecular flexibility index (Phi) is 8.51. The number of rotatable bonds is 10. The van der Waals surface area contributed by atoms with Crippen molar-refractivity contribution in [2.45, 2.75) is 56.8 Å². The molecule has 0 saturated carbocycles. The first-order chi connectivity index (χ1) is 13.4. The van der Waals surface area contributed by atoms with Crippen molar-refractivity contribution in [1.82, 2.24) is 15.5 Å². The molecule has 0 aliphatic carbocycles. The molecule has 1 aliphatic rings. The summed E-state index contributed by atoms with van der Waals surface area (Å²) in [7, 11) is 0. The van der Waals surface area contributed by atoms with E-state index in [9.17, 15) is 28.8 Å². The van der Waals surface area contributed by atoms with Crippen LogP contribution in [0.3, 0.4) is 0 Å². The van der Waals surface area contributed by atoms with Gasteiger partial charge in [0.15, 0.2) is 0 Å². The van der Waals surface area contributed by atoms with Gasteiger partial charge in [-0.3, -0.25) is 24.0 Å². The zero-order valence-electron chi connectivity index (χ0n) is 15.7. The lowest BCUT2D eigenvalue weighted by Gasteiger charge is -2.28. The first-order valence-electron chi connectivity index (χ1n) is 8.77. The highest BCUT2D eigenvalue weighted by Gasteiger charge is 2.38. The van der Waals surface area contributed by atoms with Gasteiger partial charge in [0.2, 0.25) is 17.7 Å². The Morgan fingerprint density at radius 2 is 1.62 bits per heavy atom. The molecule has 29 heavy (non-hydrogen) atoms. The molecule has 13 heteroatoms. The third-order valence-corrected chi connectivity index (χ3v) is 4.29. The second kappa shape index (κ2) is 10.4. The molecule has 1 aliphatic heterocycles. The number of nitrogens with zero attached hydrogens (tertiary/aromatic N) is 1. The lowest BCUT2D eigenvalue weighted by molar-refractivity contribution is -0.148. The van der Waals surface area contributed by atoms with E-state index >= 15 is 0 Å². The highest BCUT2D eigenvalue weighted by molar-refractivity contribution is 5.95. The Bertz CT molecular complexity index is 696. The molecule has 1 fully saturated rings. The van der Waals surface area contributed by atoms with Gasteiger partial charge >= 0.3 is 17.9 Å². The van der Waals surface area contributed by atoms with Crippen molar-refractivity contribution in [3.8, 4) is 0 Å². The zero-order chi connectivity index (χ0) is 22.3. The van der Waals surface area contributed by atoms with Gasteiger partial charge in [-0.05, 0) is 19.8 Å². The van der Waals surface area contributed by atoms with E-state index in [1.807, 2.05) is 0 Å². The Morgan fingerprint density at radius 1 is 1.03 bits per heavy atom. The first-order valence-corrected chi connectivity index (χ1v) is 8.77. The van der Waals surface area contributed by atoms with Crippen LogP contribution in [0, 0.1) is 0 Å². The quantitative estimate of drug-likeness (QED) is 0.217. The number of carbonyl (C=O) groups excluding carboxylic acids is 3. The van der Waals surface area contributed by atoms with Crippen LogP contribution in [0.2, 0.25) is 0 Å². The summed E-state index contributed by atoms with van der Waals surface area (Å²) in [6.07, 6.45) is -0.771. The number of carbonyl (C=O) groups is 6. The molecule has 0 bridgehead atoms. The Balaban J connectivity index is 2.76. The standard InChI is InChI=1S/C16H24N4O9/c1-7(18-13(25)8(17)5-11(21)22)15(27)20-4-2-3-10(20)14(26)19-9(16(28)29)6-12(23)24/h7-10H,2-6,17H2,1H3,(H,18,25)(H,19,26)(H,21,22)(H,23,24)(H,28,29). The van der Waals surface area contributed by atoms with Crippen LogP contribution in [0.5, 0.6) is 0 Å². The fourth-order valence-electron chi connectivity index (χ4n) is 2.86. The lowest BCUT2D eigenvalue weighted by atomic mass is 10.1. The smallest absolute Gasteiger partial charge is 0.326 e. The number of carboxylic acid groups (broad SMARTS) is 3.